The summed E-state index contributed by atoms with van der Waals surface area (Å²) in [6, 6.07) is 4.62. The van der Waals surface area contributed by atoms with Crippen LogP contribution in [0.3, 0.4) is 0 Å². The van der Waals surface area contributed by atoms with Gasteiger partial charge in [0.15, 0.2) is 5.96 Å². The van der Waals surface area contributed by atoms with E-state index < -0.39 is 0 Å². The van der Waals surface area contributed by atoms with E-state index in [9.17, 15) is 0 Å². The summed E-state index contributed by atoms with van der Waals surface area (Å²) in [5, 5.41) is 7.69. The van der Waals surface area contributed by atoms with Crippen LogP contribution < -0.4 is 10.6 Å². The van der Waals surface area contributed by atoms with E-state index in [0.29, 0.717) is 12.6 Å². The van der Waals surface area contributed by atoms with Crippen LogP contribution in [0.1, 0.15) is 30.7 Å². The van der Waals surface area contributed by atoms with Crippen molar-refractivity contribution in [2.75, 3.05) is 13.3 Å². The molecule has 0 bridgehead atoms. The second-order valence-corrected chi connectivity index (χ2v) is 7.44. The van der Waals surface area contributed by atoms with E-state index in [1.807, 2.05) is 48.8 Å². The van der Waals surface area contributed by atoms with Gasteiger partial charge in [-0.15, -0.1) is 0 Å². The van der Waals surface area contributed by atoms with Crippen LogP contribution in [0.5, 0.6) is 0 Å². The van der Waals surface area contributed by atoms with Gasteiger partial charge in [-0.2, -0.15) is 11.8 Å². The Morgan fingerprint density at radius 3 is 2.84 bits per heavy atom. The molecule has 2 heterocycles. The van der Waals surface area contributed by atoms with Crippen LogP contribution in [0.15, 0.2) is 35.7 Å². The third kappa shape index (κ3) is 4.54. The van der Waals surface area contributed by atoms with Crippen LogP contribution in [0.2, 0.25) is 0 Å². The Labute approximate surface area is 153 Å². The standard InChI is InChI=1S/C18H26N6S/c1-13-20-8-9-24(13)17-7-4-14(11-21-17)12-22-18(19-2)23-15-5-6-16(10-15)25-3/h4,7-9,11,15-16H,5-6,10,12H2,1-3H3,(H2,19,22,23). The largest absolute Gasteiger partial charge is 0.354 e. The molecule has 0 saturated heterocycles. The van der Waals surface area contributed by atoms with E-state index in [-0.39, 0.29) is 0 Å². The van der Waals surface area contributed by atoms with Gasteiger partial charge in [-0.3, -0.25) is 9.56 Å². The first kappa shape index (κ1) is 17.8. The first-order valence-electron chi connectivity index (χ1n) is 8.65. The molecule has 1 aliphatic rings. The summed E-state index contributed by atoms with van der Waals surface area (Å²) >= 11 is 1.97. The summed E-state index contributed by atoms with van der Waals surface area (Å²) in [7, 11) is 1.82. The van der Waals surface area contributed by atoms with E-state index >= 15 is 0 Å². The fraction of sp³-hybridized carbons (Fsp3) is 0.500. The van der Waals surface area contributed by atoms with E-state index in [2.05, 4.69) is 37.9 Å². The van der Waals surface area contributed by atoms with Crippen LogP contribution in [0.25, 0.3) is 5.82 Å². The molecule has 1 fully saturated rings. The number of imidazole rings is 1. The molecule has 2 aromatic rings. The molecule has 0 radical (unpaired) electrons. The zero-order valence-corrected chi connectivity index (χ0v) is 15.9. The molecule has 3 rings (SSSR count). The lowest BCUT2D eigenvalue weighted by molar-refractivity contribution is 0.614. The number of nitrogens with one attached hydrogen (secondary N) is 2. The average Bonchev–Trinajstić information content (AvgIpc) is 3.27. The maximum Gasteiger partial charge on any atom is 0.191 e. The summed E-state index contributed by atoms with van der Waals surface area (Å²) in [6.45, 7) is 2.67. The molecule has 7 heteroatoms. The van der Waals surface area contributed by atoms with Gasteiger partial charge >= 0.3 is 0 Å². The Morgan fingerprint density at radius 2 is 2.24 bits per heavy atom. The minimum atomic E-state index is 0.522. The van der Waals surface area contributed by atoms with Gasteiger partial charge in [-0.1, -0.05) is 6.07 Å². The molecule has 0 spiro atoms. The number of hydrogen-bond donors (Lipinski definition) is 2. The van der Waals surface area contributed by atoms with E-state index in [4.69, 9.17) is 0 Å². The van der Waals surface area contributed by atoms with Gasteiger partial charge in [0.2, 0.25) is 0 Å². The van der Waals surface area contributed by atoms with Gasteiger partial charge in [-0.25, -0.2) is 9.97 Å². The molecule has 0 aromatic carbocycles. The van der Waals surface area contributed by atoms with Crippen molar-refractivity contribution in [2.45, 2.75) is 44.0 Å². The van der Waals surface area contributed by atoms with E-state index in [1.165, 1.54) is 19.3 Å². The lowest BCUT2D eigenvalue weighted by Crippen LogP contribution is -2.42. The van der Waals surface area contributed by atoms with Gasteiger partial charge in [0.05, 0.1) is 0 Å². The van der Waals surface area contributed by atoms with Crippen molar-refractivity contribution in [1.82, 2.24) is 25.2 Å². The van der Waals surface area contributed by atoms with Crippen molar-refractivity contribution in [1.29, 1.82) is 0 Å². The monoisotopic (exact) mass is 358 g/mol. The number of guanidine groups is 1. The maximum atomic E-state index is 4.53. The number of hydrogen-bond acceptors (Lipinski definition) is 4. The molecule has 134 valence electrons. The summed E-state index contributed by atoms with van der Waals surface area (Å²) in [6.07, 6.45) is 11.5. The van der Waals surface area contributed by atoms with Crippen LogP contribution in [0.4, 0.5) is 0 Å². The molecule has 2 aromatic heterocycles. The topological polar surface area (TPSA) is 67.1 Å². The normalized spacial score (nSPS) is 20.7. The van der Waals surface area contributed by atoms with Crippen LogP contribution >= 0.6 is 11.8 Å². The maximum absolute atomic E-state index is 4.53. The quantitative estimate of drug-likeness (QED) is 0.635. The second kappa shape index (κ2) is 8.38. The predicted octanol–water partition coefficient (Wildman–Crippen LogP) is 2.52. The van der Waals surface area contributed by atoms with Crippen molar-refractivity contribution < 1.29 is 0 Å². The SMILES string of the molecule is CN=C(NCc1ccc(-n2ccnc2C)nc1)NC1CCC(SC)C1. The highest BCUT2D eigenvalue weighted by Crippen LogP contribution is 2.28. The molecule has 2 unspecified atom stereocenters. The molecule has 0 amide bonds. The Kier molecular flexibility index (Phi) is 5.96. The van der Waals surface area contributed by atoms with Crippen molar-refractivity contribution in [3.8, 4) is 5.82 Å². The van der Waals surface area contributed by atoms with Gasteiger partial charge < -0.3 is 10.6 Å². The minimum absolute atomic E-state index is 0.522. The van der Waals surface area contributed by atoms with Crippen LogP contribution in [-0.4, -0.2) is 45.1 Å². The van der Waals surface area contributed by atoms with Gasteiger partial charge in [0, 0.05) is 43.5 Å². The van der Waals surface area contributed by atoms with Gasteiger partial charge in [-0.05, 0) is 44.1 Å². The first-order valence-corrected chi connectivity index (χ1v) is 9.93. The molecule has 25 heavy (non-hydrogen) atoms. The number of thioether (sulfide) groups is 1. The molecule has 0 aliphatic heterocycles. The molecule has 1 saturated carbocycles. The zero-order chi connectivity index (χ0) is 17.6. The smallest absolute Gasteiger partial charge is 0.191 e. The lowest BCUT2D eigenvalue weighted by Gasteiger charge is -2.17. The summed E-state index contributed by atoms with van der Waals surface area (Å²) in [5.41, 5.74) is 1.12. The summed E-state index contributed by atoms with van der Waals surface area (Å²) < 4.78 is 1.97. The lowest BCUT2D eigenvalue weighted by atomic mass is 10.2. The number of aliphatic imine (C=N–C) groups is 1. The molecular formula is C18H26N6S. The third-order valence-electron chi connectivity index (χ3n) is 4.62. The number of rotatable bonds is 5. The van der Waals surface area contributed by atoms with Crippen molar-refractivity contribution in [3.05, 3.63) is 42.1 Å². The Balaban J connectivity index is 1.53. The highest BCUT2D eigenvalue weighted by Gasteiger charge is 2.24. The minimum Gasteiger partial charge on any atom is -0.354 e. The van der Waals surface area contributed by atoms with Crippen molar-refractivity contribution >= 4 is 17.7 Å². The number of nitrogens with zero attached hydrogens (tertiary/aromatic N) is 4. The number of aromatic nitrogens is 3. The molecule has 1 aliphatic carbocycles. The van der Waals surface area contributed by atoms with Crippen LogP contribution in [-0.2, 0) is 6.54 Å². The molecule has 2 atom stereocenters. The van der Waals surface area contributed by atoms with Crippen molar-refractivity contribution in [3.63, 3.8) is 0 Å². The van der Waals surface area contributed by atoms with Gasteiger partial charge in [0.1, 0.15) is 11.6 Å². The third-order valence-corrected chi connectivity index (χ3v) is 5.72. The fourth-order valence-electron chi connectivity index (χ4n) is 3.14. The Morgan fingerprint density at radius 1 is 1.36 bits per heavy atom. The predicted molar refractivity (Wildman–Crippen MR) is 104 cm³/mol. The van der Waals surface area contributed by atoms with E-state index in [1.54, 1.807) is 6.20 Å². The fourth-order valence-corrected chi connectivity index (χ4v) is 3.94. The van der Waals surface area contributed by atoms with Crippen LogP contribution in [0, 0.1) is 6.92 Å². The van der Waals surface area contributed by atoms with Crippen molar-refractivity contribution in [2.24, 2.45) is 4.99 Å². The highest BCUT2D eigenvalue weighted by molar-refractivity contribution is 7.99. The Hall–Kier alpha value is -2.02. The summed E-state index contributed by atoms with van der Waals surface area (Å²) in [4.78, 5) is 13.1. The van der Waals surface area contributed by atoms with E-state index in [0.717, 1.165) is 28.4 Å². The molecule has 6 nitrogen and oxygen atoms in total. The zero-order valence-electron chi connectivity index (χ0n) is 15.1. The highest BCUT2D eigenvalue weighted by atomic mass is 32.2. The van der Waals surface area contributed by atoms with Gasteiger partial charge in [0.25, 0.3) is 0 Å². The Bertz CT molecular complexity index is 709. The average molecular weight is 359 g/mol. The first-order chi connectivity index (χ1) is 12.2. The summed E-state index contributed by atoms with van der Waals surface area (Å²) in [5.74, 6) is 2.68. The number of pyridine rings is 1. The second-order valence-electron chi connectivity index (χ2n) is 6.31. The molecule has 2 N–H and O–H groups in total. The number of aryl methyl sites for hydroxylation is 1. The molecular weight excluding hydrogens is 332 g/mol.